The molecule has 0 aliphatic rings. The fraction of sp³-hybridized carbons (Fsp3) is 0.214. The molecular weight excluding hydrogens is 232 g/mol. The highest BCUT2D eigenvalue weighted by Gasteiger charge is 2.07. The van der Waals surface area contributed by atoms with Gasteiger partial charge in [0.25, 0.3) is 0 Å². The highest BCUT2D eigenvalue weighted by Crippen LogP contribution is 2.22. The van der Waals surface area contributed by atoms with E-state index in [1.165, 1.54) is 5.56 Å². The monoisotopic (exact) mass is 246 g/mol. The van der Waals surface area contributed by atoms with Gasteiger partial charge in [0.05, 0.1) is 0 Å². The number of aromatic nitrogens is 1. The zero-order valence-electron chi connectivity index (χ0n) is 9.73. The van der Waals surface area contributed by atoms with Crippen LogP contribution in [-0.4, -0.2) is 4.98 Å². The maximum atomic E-state index is 6.15. The maximum Gasteiger partial charge on any atom is 0.0453 e. The second kappa shape index (κ2) is 5.80. The van der Waals surface area contributed by atoms with E-state index in [1.807, 2.05) is 36.5 Å². The standard InChI is InChI=1S/C14H15ClN2/c1-11(13-6-2-3-7-14(13)15)17-10-12-5-4-8-16-9-12/h2-9,11,17H,10H2,1H3. The fourth-order valence-electron chi connectivity index (χ4n) is 1.71. The Morgan fingerprint density at radius 3 is 2.76 bits per heavy atom. The Morgan fingerprint density at radius 1 is 1.24 bits per heavy atom. The minimum atomic E-state index is 0.226. The van der Waals surface area contributed by atoms with Crippen molar-refractivity contribution in [3.8, 4) is 0 Å². The number of benzene rings is 1. The SMILES string of the molecule is CC(NCc1cccnc1)c1ccccc1Cl. The van der Waals surface area contributed by atoms with Gasteiger partial charge in [0.1, 0.15) is 0 Å². The molecule has 88 valence electrons. The van der Waals surface area contributed by atoms with Gasteiger partial charge in [-0.1, -0.05) is 35.9 Å². The zero-order valence-corrected chi connectivity index (χ0v) is 10.5. The van der Waals surface area contributed by atoms with Crippen LogP contribution in [0.5, 0.6) is 0 Å². The predicted octanol–water partition coefficient (Wildman–Crippen LogP) is 3.59. The highest BCUT2D eigenvalue weighted by molar-refractivity contribution is 6.31. The summed E-state index contributed by atoms with van der Waals surface area (Å²) >= 11 is 6.15. The van der Waals surface area contributed by atoms with Gasteiger partial charge in [-0.05, 0) is 30.2 Å². The summed E-state index contributed by atoms with van der Waals surface area (Å²) in [5, 5.41) is 4.24. The van der Waals surface area contributed by atoms with E-state index < -0.39 is 0 Å². The molecule has 1 atom stereocenters. The number of halogens is 1. The van der Waals surface area contributed by atoms with Crippen molar-refractivity contribution < 1.29 is 0 Å². The molecule has 2 aromatic rings. The second-order valence-corrected chi connectivity index (χ2v) is 4.39. The minimum Gasteiger partial charge on any atom is -0.306 e. The van der Waals surface area contributed by atoms with E-state index in [0.717, 1.165) is 17.1 Å². The van der Waals surface area contributed by atoms with Crippen molar-refractivity contribution in [1.82, 2.24) is 10.3 Å². The lowest BCUT2D eigenvalue weighted by Crippen LogP contribution is -2.18. The van der Waals surface area contributed by atoms with E-state index in [9.17, 15) is 0 Å². The van der Waals surface area contributed by atoms with E-state index in [0.29, 0.717) is 0 Å². The number of hydrogen-bond acceptors (Lipinski definition) is 2. The number of pyridine rings is 1. The van der Waals surface area contributed by atoms with Crippen LogP contribution in [0.15, 0.2) is 48.8 Å². The number of nitrogens with one attached hydrogen (secondary N) is 1. The molecule has 0 bridgehead atoms. The van der Waals surface area contributed by atoms with E-state index in [-0.39, 0.29) is 6.04 Å². The van der Waals surface area contributed by atoms with Gasteiger partial charge in [0.15, 0.2) is 0 Å². The van der Waals surface area contributed by atoms with Gasteiger partial charge in [0.2, 0.25) is 0 Å². The topological polar surface area (TPSA) is 24.9 Å². The molecular formula is C14H15ClN2. The van der Waals surface area contributed by atoms with Crippen LogP contribution < -0.4 is 5.32 Å². The highest BCUT2D eigenvalue weighted by atomic mass is 35.5. The molecule has 2 nitrogen and oxygen atoms in total. The Morgan fingerprint density at radius 2 is 2.06 bits per heavy atom. The molecule has 0 aliphatic carbocycles. The van der Waals surface area contributed by atoms with Crippen LogP contribution in [0, 0.1) is 0 Å². The van der Waals surface area contributed by atoms with Crippen LogP contribution in [0.3, 0.4) is 0 Å². The van der Waals surface area contributed by atoms with Gasteiger partial charge >= 0.3 is 0 Å². The molecule has 2 rings (SSSR count). The summed E-state index contributed by atoms with van der Waals surface area (Å²) in [6.45, 7) is 2.90. The van der Waals surface area contributed by atoms with Crippen LogP contribution in [0.25, 0.3) is 0 Å². The average molecular weight is 247 g/mol. The van der Waals surface area contributed by atoms with Gasteiger partial charge in [-0.25, -0.2) is 0 Å². The summed E-state index contributed by atoms with van der Waals surface area (Å²) in [6, 6.07) is 12.1. The van der Waals surface area contributed by atoms with Crippen molar-refractivity contribution in [3.05, 3.63) is 64.9 Å². The third kappa shape index (κ3) is 3.29. The first-order valence-corrected chi connectivity index (χ1v) is 6.02. The number of rotatable bonds is 4. The van der Waals surface area contributed by atoms with E-state index in [1.54, 1.807) is 6.20 Å². The Balaban J connectivity index is 1.99. The molecule has 0 saturated carbocycles. The van der Waals surface area contributed by atoms with E-state index in [2.05, 4.69) is 23.3 Å². The van der Waals surface area contributed by atoms with Crippen LogP contribution in [0.4, 0.5) is 0 Å². The smallest absolute Gasteiger partial charge is 0.0453 e. The molecule has 1 aromatic carbocycles. The normalized spacial score (nSPS) is 12.4. The fourth-order valence-corrected chi connectivity index (χ4v) is 2.01. The molecule has 0 aliphatic heterocycles. The van der Waals surface area contributed by atoms with Gasteiger partial charge in [-0.3, -0.25) is 4.98 Å². The molecule has 0 saturated heterocycles. The molecule has 1 aromatic heterocycles. The first kappa shape index (κ1) is 12.1. The largest absolute Gasteiger partial charge is 0.306 e. The van der Waals surface area contributed by atoms with Crippen LogP contribution in [0.2, 0.25) is 5.02 Å². The van der Waals surface area contributed by atoms with Crippen LogP contribution >= 0.6 is 11.6 Å². The lowest BCUT2D eigenvalue weighted by molar-refractivity contribution is 0.574. The molecule has 0 fully saturated rings. The molecule has 0 radical (unpaired) electrons. The number of hydrogen-bond donors (Lipinski definition) is 1. The Bertz CT molecular complexity index is 471. The summed E-state index contributed by atoms with van der Waals surface area (Å²) in [7, 11) is 0. The predicted molar refractivity (Wildman–Crippen MR) is 70.9 cm³/mol. The van der Waals surface area contributed by atoms with Gasteiger partial charge < -0.3 is 5.32 Å². The van der Waals surface area contributed by atoms with Gasteiger partial charge in [-0.2, -0.15) is 0 Å². The summed E-state index contributed by atoms with van der Waals surface area (Å²) in [5.74, 6) is 0. The van der Waals surface area contributed by atoms with Gasteiger partial charge in [0, 0.05) is 30.0 Å². The van der Waals surface area contributed by atoms with Crippen molar-refractivity contribution in [2.24, 2.45) is 0 Å². The summed E-state index contributed by atoms with van der Waals surface area (Å²) in [6.07, 6.45) is 3.65. The molecule has 1 unspecified atom stereocenters. The quantitative estimate of drug-likeness (QED) is 0.892. The van der Waals surface area contributed by atoms with Crippen molar-refractivity contribution in [2.45, 2.75) is 19.5 Å². The molecule has 0 amide bonds. The number of nitrogens with zero attached hydrogens (tertiary/aromatic N) is 1. The maximum absolute atomic E-state index is 6.15. The van der Waals surface area contributed by atoms with E-state index in [4.69, 9.17) is 11.6 Å². The van der Waals surface area contributed by atoms with Crippen molar-refractivity contribution >= 4 is 11.6 Å². The Kier molecular flexibility index (Phi) is 4.13. The molecule has 3 heteroatoms. The molecule has 1 heterocycles. The van der Waals surface area contributed by atoms with Crippen molar-refractivity contribution in [2.75, 3.05) is 0 Å². The Labute approximate surface area is 107 Å². The Hall–Kier alpha value is -1.38. The summed E-state index contributed by atoms with van der Waals surface area (Å²) < 4.78 is 0. The molecule has 1 N–H and O–H groups in total. The first-order valence-electron chi connectivity index (χ1n) is 5.64. The minimum absolute atomic E-state index is 0.226. The summed E-state index contributed by atoms with van der Waals surface area (Å²) in [5.41, 5.74) is 2.30. The van der Waals surface area contributed by atoms with Crippen LogP contribution in [0.1, 0.15) is 24.1 Å². The van der Waals surface area contributed by atoms with Gasteiger partial charge in [-0.15, -0.1) is 0 Å². The third-order valence-corrected chi connectivity index (χ3v) is 3.05. The zero-order chi connectivity index (χ0) is 12.1. The lowest BCUT2D eigenvalue weighted by Gasteiger charge is -2.15. The van der Waals surface area contributed by atoms with Crippen molar-refractivity contribution in [1.29, 1.82) is 0 Å². The second-order valence-electron chi connectivity index (χ2n) is 3.99. The first-order chi connectivity index (χ1) is 8.27. The third-order valence-electron chi connectivity index (χ3n) is 2.71. The van der Waals surface area contributed by atoms with Crippen molar-refractivity contribution in [3.63, 3.8) is 0 Å². The molecule has 0 spiro atoms. The van der Waals surface area contributed by atoms with Crippen LogP contribution in [-0.2, 0) is 6.54 Å². The van der Waals surface area contributed by atoms with E-state index >= 15 is 0 Å². The average Bonchev–Trinajstić information content (AvgIpc) is 2.38. The summed E-state index contributed by atoms with van der Waals surface area (Å²) in [4.78, 5) is 4.09. The molecule has 17 heavy (non-hydrogen) atoms. The lowest BCUT2D eigenvalue weighted by atomic mass is 10.1.